The first kappa shape index (κ1) is 16.2. The highest BCUT2D eigenvalue weighted by Crippen LogP contribution is 2.39. The second kappa shape index (κ2) is 5.65. The minimum atomic E-state index is -0.396. The second-order valence-corrected chi connectivity index (χ2v) is 6.13. The first-order chi connectivity index (χ1) is 12.5. The van der Waals surface area contributed by atoms with Crippen molar-refractivity contribution in [1.82, 2.24) is 18.7 Å². The number of hydrogen-bond acceptors (Lipinski definition) is 6. The fraction of sp³-hybridized carbons (Fsp3) is 0.353. The van der Waals surface area contributed by atoms with E-state index in [4.69, 9.17) is 9.47 Å². The Bertz CT molecular complexity index is 1140. The Kier molecular flexibility index (Phi) is 3.53. The summed E-state index contributed by atoms with van der Waals surface area (Å²) < 4.78 is 15.1. The first-order valence-corrected chi connectivity index (χ1v) is 8.13. The van der Waals surface area contributed by atoms with Gasteiger partial charge in [-0.2, -0.15) is 4.98 Å². The van der Waals surface area contributed by atoms with Crippen LogP contribution >= 0.6 is 0 Å². The standard InChI is InChI=1S/C17H19N5O4/c1-19-14-13(15(23)20(2)17(19)24)22-8-7-21(16(22)18-14)11-6-5-10(25-3)9-12(11)26-4/h5-6,9H,7-8H2,1-4H3. The van der Waals surface area contributed by atoms with Crippen molar-refractivity contribution in [2.75, 3.05) is 25.7 Å². The Hall–Kier alpha value is -3.23. The van der Waals surface area contributed by atoms with Gasteiger partial charge in [-0.25, -0.2) is 4.79 Å². The molecule has 9 heteroatoms. The van der Waals surface area contributed by atoms with Crippen LogP contribution in [0.1, 0.15) is 0 Å². The normalized spacial score (nSPS) is 13.3. The van der Waals surface area contributed by atoms with E-state index in [1.807, 2.05) is 21.6 Å². The third-order valence-corrected chi connectivity index (χ3v) is 4.79. The summed E-state index contributed by atoms with van der Waals surface area (Å²) in [5, 5.41) is 0. The molecule has 0 N–H and O–H groups in total. The third-order valence-electron chi connectivity index (χ3n) is 4.79. The van der Waals surface area contributed by atoms with Gasteiger partial charge in [0.1, 0.15) is 11.5 Å². The highest BCUT2D eigenvalue weighted by Gasteiger charge is 2.29. The summed E-state index contributed by atoms with van der Waals surface area (Å²) in [6.07, 6.45) is 0. The average molecular weight is 357 g/mol. The molecule has 0 saturated heterocycles. The molecule has 0 aliphatic carbocycles. The van der Waals surface area contributed by atoms with Gasteiger partial charge in [0.05, 0.1) is 19.9 Å². The van der Waals surface area contributed by atoms with Crippen LogP contribution < -0.4 is 25.6 Å². The van der Waals surface area contributed by atoms with Crippen molar-refractivity contribution in [3.63, 3.8) is 0 Å². The Balaban J connectivity index is 1.95. The summed E-state index contributed by atoms with van der Waals surface area (Å²) in [5.41, 5.74) is 0.896. The lowest BCUT2D eigenvalue weighted by Gasteiger charge is -2.19. The number of rotatable bonds is 3. The molecule has 0 saturated carbocycles. The smallest absolute Gasteiger partial charge is 0.332 e. The molecule has 0 spiro atoms. The van der Waals surface area contributed by atoms with E-state index in [-0.39, 0.29) is 5.56 Å². The summed E-state index contributed by atoms with van der Waals surface area (Å²) in [6.45, 7) is 1.24. The van der Waals surface area contributed by atoms with E-state index in [1.165, 1.54) is 11.6 Å². The average Bonchev–Trinajstić information content (AvgIpc) is 3.23. The lowest BCUT2D eigenvalue weighted by molar-refractivity contribution is 0.395. The van der Waals surface area contributed by atoms with Gasteiger partial charge in [-0.15, -0.1) is 0 Å². The zero-order valence-electron chi connectivity index (χ0n) is 15.0. The van der Waals surface area contributed by atoms with Crippen LogP contribution in [0.2, 0.25) is 0 Å². The van der Waals surface area contributed by atoms with Crippen LogP contribution in [0.4, 0.5) is 11.6 Å². The number of ether oxygens (including phenoxy) is 2. The molecular formula is C17H19N5O4. The molecule has 1 aliphatic rings. The number of aromatic nitrogens is 4. The maximum absolute atomic E-state index is 12.6. The number of imidazole rings is 1. The largest absolute Gasteiger partial charge is 0.497 e. The molecule has 0 fully saturated rings. The predicted molar refractivity (Wildman–Crippen MR) is 96.8 cm³/mol. The molecule has 1 aliphatic heterocycles. The summed E-state index contributed by atoms with van der Waals surface area (Å²) >= 11 is 0. The monoisotopic (exact) mass is 357 g/mol. The minimum Gasteiger partial charge on any atom is -0.497 e. The van der Waals surface area contributed by atoms with E-state index < -0.39 is 5.69 Å². The summed E-state index contributed by atoms with van der Waals surface area (Å²) in [4.78, 5) is 31.3. The van der Waals surface area contributed by atoms with E-state index >= 15 is 0 Å². The SMILES string of the molecule is COc1ccc(N2CCn3c2nc2c3c(=O)n(C)c(=O)n2C)c(OC)c1. The Morgan fingerprint density at radius 3 is 2.50 bits per heavy atom. The molecule has 3 aromatic rings. The topological polar surface area (TPSA) is 83.5 Å². The second-order valence-electron chi connectivity index (χ2n) is 6.13. The fourth-order valence-corrected chi connectivity index (χ4v) is 3.39. The summed E-state index contributed by atoms with van der Waals surface area (Å²) in [6, 6.07) is 5.54. The van der Waals surface area contributed by atoms with Crippen molar-refractivity contribution in [1.29, 1.82) is 0 Å². The van der Waals surface area contributed by atoms with Gasteiger partial charge in [-0.3, -0.25) is 13.9 Å². The minimum absolute atomic E-state index is 0.342. The third kappa shape index (κ3) is 2.06. The van der Waals surface area contributed by atoms with Crippen LogP contribution in [0.3, 0.4) is 0 Å². The number of aryl methyl sites for hydroxylation is 1. The highest BCUT2D eigenvalue weighted by atomic mass is 16.5. The molecule has 0 bridgehead atoms. The van der Waals surface area contributed by atoms with Gasteiger partial charge in [0, 0.05) is 33.3 Å². The van der Waals surface area contributed by atoms with Crippen LogP contribution in [0, 0.1) is 0 Å². The van der Waals surface area contributed by atoms with Crippen molar-refractivity contribution >= 4 is 22.8 Å². The van der Waals surface area contributed by atoms with Crippen molar-refractivity contribution in [3.05, 3.63) is 39.0 Å². The van der Waals surface area contributed by atoms with Gasteiger partial charge < -0.3 is 18.9 Å². The van der Waals surface area contributed by atoms with Crippen LogP contribution in [-0.2, 0) is 20.6 Å². The Morgan fingerprint density at radius 2 is 1.81 bits per heavy atom. The number of methoxy groups -OCH3 is 2. The lowest BCUT2D eigenvalue weighted by atomic mass is 10.2. The fourth-order valence-electron chi connectivity index (χ4n) is 3.39. The molecule has 4 rings (SSSR count). The maximum Gasteiger partial charge on any atom is 0.332 e. The molecule has 0 radical (unpaired) electrons. The maximum atomic E-state index is 12.6. The Labute approximate surface area is 148 Å². The molecule has 0 atom stereocenters. The van der Waals surface area contributed by atoms with Gasteiger partial charge in [0.15, 0.2) is 11.2 Å². The Morgan fingerprint density at radius 1 is 1.04 bits per heavy atom. The molecular weight excluding hydrogens is 338 g/mol. The van der Waals surface area contributed by atoms with Crippen LogP contribution in [0.5, 0.6) is 11.5 Å². The quantitative estimate of drug-likeness (QED) is 0.683. The number of anilines is 2. The molecule has 136 valence electrons. The van der Waals surface area contributed by atoms with Crippen LogP contribution in [-0.4, -0.2) is 39.4 Å². The highest BCUT2D eigenvalue weighted by molar-refractivity contribution is 5.79. The van der Waals surface area contributed by atoms with Gasteiger partial charge in [-0.05, 0) is 12.1 Å². The number of fused-ring (bicyclic) bond motifs is 3. The molecule has 9 nitrogen and oxygen atoms in total. The van der Waals surface area contributed by atoms with Gasteiger partial charge >= 0.3 is 5.69 Å². The van der Waals surface area contributed by atoms with E-state index in [0.717, 1.165) is 10.3 Å². The number of nitrogens with zero attached hydrogens (tertiary/aromatic N) is 5. The molecule has 3 heterocycles. The van der Waals surface area contributed by atoms with E-state index in [9.17, 15) is 9.59 Å². The summed E-state index contributed by atoms with van der Waals surface area (Å²) in [7, 11) is 6.28. The zero-order valence-corrected chi connectivity index (χ0v) is 15.0. The molecule has 0 unspecified atom stereocenters. The van der Waals surface area contributed by atoms with Crippen LogP contribution in [0.25, 0.3) is 11.2 Å². The molecule has 26 heavy (non-hydrogen) atoms. The lowest BCUT2D eigenvalue weighted by Crippen LogP contribution is -2.37. The molecule has 2 aromatic heterocycles. The molecule has 0 amide bonds. The van der Waals surface area contributed by atoms with Crippen molar-refractivity contribution in [2.24, 2.45) is 14.1 Å². The number of benzene rings is 1. The van der Waals surface area contributed by atoms with Gasteiger partial charge in [-0.1, -0.05) is 0 Å². The van der Waals surface area contributed by atoms with E-state index in [1.54, 1.807) is 27.3 Å². The van der Waals surface area contributed by atoms with E-state index in [0.29, 0.717) is 41.7 Å². The number of hydrogen-bond donors (Lipinski definition) is 0. The zero-order chi connectivity index (χ0) is 18.6. The molecule has 1 aromatic carbocycles. The first-order valence-electron chi connectivity index (χ1n) is 8.13. The summed E-state index contributed by atoms with van der Waals surface area (Å²) in [5.74, 6) is 1.95. The van der Waals surface area contributed by atoms with Crippen molar-refractivity contribution < 1.29 is 9.47 Å². The van der Waals surface area contributed by atoms with Crippen LogP contribution in [0.15, 0.2) is 27.8 Å². The van der Waals surface area contributed by atoms with Crippen molar-refractivity contribution in [2.45, 2.75) is 6.54 Å². The van der Waals surface area contributed by atoms with Crippen molar-refractivity contribution in [3.8, 4) is 11.5 Å². The predicted octanol–water partition coefficient (Wildman–Crippen LogP) is 0.603. The van der Waals surface area contributed by atoms with Gasteiger partial charge in [0.25, 0.3) is 5.56 Å². The van der Waals surface area contributed by atoms with Gasteiger partial charge in [0.2, 0.25) is 5.95 Å². The van der Waals surface area contributed by atoms with E-state index in [2.05, 4.69) is 4.98 Å².